The van der Waals surface area contributed by atoms with E-state index in [1.807, 2.05) is 0 Å². The largest absolute Gasteiger partial charge is 0.460 e. The maximum atomic E-state index is 14.2. The molecule has 0 aliphatic carbocycles. The van der Waals surface area contributed by atoms with Crippen molar-refractivity contribution in [3.8, 4) is 0 Å². The lowest BCUT2D eigenvalue weighted by molar-refractivity contribution is -0.464. The molecule has 0 saturated heterocycles. The highest BCUT2D eigenvalue weighted by Gasteiger charge is 2.97. The van der Waals surface area contributed by atoms with Crippen LogP contribution in [0.2, 0.25) is 0 Å². The van der Waals surface area contributed by atoms with E-state index in [0.29, 0.717) is 0 Å². The van der Waals surface area contributed by atoms with E-state index in [-0.39, 0.29) is 0 Å². The first kappa shape index (κ1) is 54.6. The molecule has 0 aromatic rings. The number of hydrogen-bond acceptors (Lipinski definition) is 1. The van der Waals surface area contributed by atoms with Crippen molar-refractivity contribution >= 4 is 0 Å². The Kier molecular flexibility index (Phi) is 13.5. The van der Waals surface area contributed by atoms with E-state index < -0.39 is 134 Å². The van der Waals surface area contributed by atoms with Gasteiger partial charge in [0.1, 0.15) is 0 Å². The highest BCUT2D eigenvalue weighted by molar-refractivity contribution is 5.17. The fraction of sp³-hybridized carbons (Fsp3) is 1.00. The molecule has 0 spiro atoms. The molecule has 0 heterocycles. The summed E-state index contributed by atoms with van der Waals surface area (Å²) >= 11 is 0. The summed E-state index contributed by atoms with van der Waals surface area (Å²) in [6.45, 7) is -7.54. The Balaban J connectivity index is 6.65. The van der Waals surface area contributed by atoms with Crippen LogP contribution in [0.25, 0.3) is 0 Å². The summed E-state index contributed by atoms with van der Waals surface area (Å²) in [7, 11) is 0. The summed E-state index contributed by atoms with van der Waals surface area (Å²) in [5.74, 6) is -130. The second-order valence-corrected chi connectivity index (χ2v) is 11.5. The van der Waals surface area contributed by atoms with Gasteiger partial charge in [0.2, 0.25) is 0 Å². The van der Waals surface area contributed by atoms with Crippen molar-refractivity contribution in [2.75, 3.05) is 13.2 Å². The van der Waals surface area contributed by atoms with Crippen LogP contribution < -0.4 is 0 Å². The molecule has 0 N–H and O–H groups in total. The average Bonchev–Trinajstić information content (AvgIpc) is 2.98. The first-order chi connectivity index (χ1) is 24.0. The van der Waals surface area contributed by atoms with Crippen LogP contribution in [0.3, 0.4) is 0 Å². The summed E-state index contributed by atoms with van der Waals surface area (Å²) in [6.07, 6.45) is -16.2. The molecule has 1 nitrogen and oxygen atoms in total. The minimum Gasteiger partial charge on any atom is -0.380 e. The van der Waals surface area contributed by atoms with Gasteiger partial charge in [-0.2, -0.15) is 149 Å². The van der Waals surface area contributed by atoms with E-state index >= 15 is 0 Å². The van der Waals surface area contributed by atoms with E-state index in [9.17, 15) is 149 Å². The fourth-order valence-electron chi connectivity index (χ4n) is 3.60. The first-order valence-corrected chi connectivity index (χ1v) is 13.1. The summed E-state index contributed by atoms with van der Waals surface area (Å²) in [5, 5.41) is 0. The quantitative estimate of drug-likeness (QED) is 0.124. The van der Waals surface area contributed by atoms with Crippen molar-refractivity contribution in [1.29, 1.82) is 0 Å². The molecular formula is C22H12F34O. The molecule has 0 saturated carbocycles. The standard InChI is InChI=1S/C22H12F34O/c1-5(7(23,24)9(27,28)11(31,32)13(35,36)15(39,40)17(43,44)19(47,48)21(51,52)53)3-57-4-6(2)8(25,26)10(29,30)12(33,34)14(37,38)16(41,42)18(45,46)20(49,50)22(54,55)56/h5-6H,3-4H2,1-2H3. The Labute approximate surface area is 289 Å². The minimum atomic E-state index is -9.12. The van der Waals surface area contributed by atoms with Gasteiger partial charge in [-0.05, 0) is 0 Å². The van der Waals surface area contributed by atoms with Crippen LogP contribution in [-0.4, -0.2) is 108 Å². The van der Waals surface area contributed by atoms with Crippen molar-refractivity contribution < 1.29 is 154 Å². The van der Waals surface area contributed by atoms with Crippen molar-refractivity contribution in [2.45, 2.75) is 109 Å². The van der Waals surface area contributed by atoms with Crippen LogP contribution in [0.15, 0.2) is 0 Å². The molecule has 0 amide bonds. The molecule has 0 rings (SSSR count). The van der Waals surface area contributed by atoms with Crippen LogP contribution >= 0.6 is 0 Å². The summed E-state index contributed by atoms with van der Waals surface area (Å²) in [5.41, 5.74) is 0. The summed E-state index contributed by atoms with van der Waals surface area (Å²) in [6, 6.07) is 0. The van der Waals surface area contributed by atoms with E-state index in [0.717, 1.165) is 0 Å². The third-order valence-corrected chi connectivity index (χ3v) is 7.47. The lowest BCUT2D eigenvalue weighted by Crippen LogP contribution is -2.75. The van der Waals surface area contributed by atoms with Gasteiger partial charge in [0.25, 0.3) is 0 Å². The number of halogens is 34. The zero-order chi connectivity index (χ0) is 47.3. The third kappa shape index (κ3) is 7.11. The molecule has 0 aromatic heterocycles. The normalized spacial score (nSPS) is 17.9. The van der Waals surface area contributed by atoms with Gasteiger partial charge in [-0.3, -0.25) is 0 Å². The van der Waals surface area contributed by atoms with Gasteiger partial charge in [0.05, 0.1) is 13.2 Å². The Morgan fingerprint density at radius 3 is 0.544 bits per heavy atom. The number of alkyl halides is 34. The van der Waals surface area contributed by atoms with Crippen LogP contribution in [0.4, 0.5) is 149 Å². The monoisotopic (exact) mass is 938 g/mol. The van der Waals surface area contributed by atoms with E-state index in [4.69, 9.17) is 0 Å². The Morgan fingerprint density at radius 2 is 0.386 bits per heavy atom. The Hall–Kier alpha value is -2.42. The SMILES string of the molecule is CC(COCC(C)C(F)(F)C(F)(F)C(F)(F)C(F)(F)C(F)(F)C(F)(F)C(F)(F)C(F)(F)F)C(F)(F)C(F)(F)C(F)(F)C(F)(F)C(F)(F)C(F)(F)C(F)(F)C(F)(F)F. The van der Waals surface area contributed by atoms with Gasteiger partial charge in [-0.15, -0.1) is 0 Å². The number of ether oxygens (including phenoxy) is 1. The van der Waals surface area contributed by atoms with Gasteiger partial charge in [0, 0.05) is 11.8 Å². The van der Waals surface area contributed by atoms with Crippen molar-refractivity contribution in [1.82, 2.24) is 0 Å². The molecule has 57 heavy (non-hydrogen) atoms. The lowest BCUT2D eigenvalue weighted by atomic mass is 9.85. The number of rotatable bonds is 18. The molecule has 0 bridgehead atoms. The van der Waals surface area contributed by atoms with Crippen LogP contribution in [0.1, 0.15) is 13.8 Å². The van der Waals surface area contributed by atoms with Gasteiger partial charge >= 0.3 is 95.3 Å². The predicted octanol–water partition coefficient (Wildman–Crippen LogP) is 12.3. The predicted molar refractivity (Wildman–Crippen MR) is 111 cm³/mol. The van der Waals surface area contributed by atoms with Gasteiger partial charge in [0.15, 0.2) is 0 Å². The topological polar surface area (TPSA) is 9.23 Å². The molecule has 2 unspecified atom stereocenters. The molecule has 0 radical (unpaired) electrons. The molecular weight excluding hydrogens is 926 g/mol. The maximum Gasteiger partial charge on any atom is 0.460 e. The zero-order valence-electron chi connectivity index (χ0n) is 25.8. The Bertz CT molecular complexity index is 1290. The molecule has 2 atom stereocenters. The molecule has 35 heteroatoms. The van der Waals surface area contributed by atoms with Crippen molar-refractivity contribution in [2.24, 2.45) is 11.8 Å². The molecule has 0 aromatic carbocycles. The van der Waals surface area contributed by atoms with Gasteiger partial charge < -0.3 is 4.74 Å². The van der Waals surface area contributed by atoms with Crippen LogP contribution in [0.5, 0.6) is 0 Å². The highest BCUT2D eigenvalue weighted by Crippen LogP contribution is 2.66. The zero-order valence-corrected chi connectivity index (χ0v) is 25.8. The molecule has 0 aliphatic rings. The number of hydrogen-bond donors (Lipinski definition) is 0. The van der Waals surface area contributed by atoms with Crippen LogP contribution in [0, 0.1) is 11.8 Å². The fourth-order valence-corrected chi connectivity index (χ4v) is 3.60. The molecule has 0 aliphatic heterocycles. The first-order valence-electron chi connectivity index (χ1n) is 13.1. The highest BCUT2D eigenvalue weighted by atomic mass is 19.4. The van der Waals surface area contributed by atoms with Crippen LogP contribution in [-0.2, 0) is 4.74 Å². The summed E-state index contributed by atoms with van der Waals surface area (Å²) < 4.78 is 458. The van der Waals surface area contributed by atoms with Gasteiger partial charge in [-0.1, -0.05) is 13.8 Å². The average molecular weight is 938 g/mol. The Morgan fingerprint density at radius 1 is 0.246 bits per heavy atom. The second kappa shape index (κ2) is 14.1. The van der Waals surface area contributed by atoms with E-state index in [1.54, 1.807) is 0 Å². The maximum absolute atomic E-state index is 14.2. The minimum absolute atomic E-state index is 0.808. The molecule has 0 fully saturated rings. The summed E-state index contributed by atoms with van der Waals surface area (Å²) in [4.78, 5) is 0. The smallest absolute Gasteiger partial charge is 0.380 e. The third-order valence-electron chi connectivity index (χ3n) is 7.47. The lowest BCUT2D eigenvalue weighted by Gasteiger charge is -2.44. The van der Waals surface area contributed by atoms with Crippen molar-refractivity contribution in [3.63, 3.8) is 0 Å². The van der Waals surface area contributed by atoms with E-state index in [2.05, 4.69) is 4.74 Å². The second-order valence-electron chi connectivity index (χ2n) is 11.5. The van der Waals surface area contributed by atoms with Gasteiger partial charge in [-0.25, -0.2) is 0 Å². The van der Waals surface area contributed by atoms with Crippen molar-refractivity contribution in [3.05, 3.63) is 0 Å². The van der Waals surface area contributed by atoms with E-state index in [1.165, 1.54) is 0 Å². The molecule has 344 valence electrons.